The Balaban J connectivity index is 2.48. The molecule has 0 saturated carbocycles. The first-order valence-electron chi connectivity index (χ1n) is 6.79. The maximum atomic E-state index is 12.0. The number of nitrogens with one attached hydrogen (secondary N) is 1. The van der Waals surface area contributed by atoms with Crippen LogP contribution in [-0.2, 0) is 11.3 Å². The quantitative estimate of drug-likeness (QED) is 0.728. The molecule has 0 fully saturated rings. The van der Waals surface area contributed by atoms with Crippen molar-refractivity contribution in [2.45, 2.75) is 46.1 Å². The van der Waals surface area contributed by atoms with E-state index in [1.807, 2.05) is 24.3 Å². The van der Waals surface area contributed by atoms with E-state index in [1.165, 1.54) is 0 Å². The molecule has 3 nitrogen and oxygen atoms in total. The van der Waals surface area contributed by atoms with Crippen LogP contribution in [-0.4, -0.2) is 5.91 Å². The van der Waals surface area contributed by atoms with Gasteiger partial charge in [-0.1, -0.05) is 38.8 Å². The maximum absolute atomic E-state index is 12.0. The molecule has 1 amide bonds. The maximum Gasteiger partial charge on any atom is 0.223 e. The van der Waals surface area contributed by atoms with E-state index in [9.17, 15) is 4.79 Å². The Kier molecular flexibility index (Phi) is 6.26. The van der Waals surface area contributed by atoms with Crippen LogP contribution in [0, 0.1) is 5.92 Å². The van der Waals surface area contributed by atoms with Gasteiger partial charge in [0.25, 0.3) is 0 Å². The third kappa shape index (κ3) is 4.78. The second-order valence-electron chi connectivity index (χ2n) is 4.74. The molecule has 3 N–H and O–H groups in total. The van der Waals surface area contributed by atoms with Crippen LogP contribution in [0.5, 0.6) is 0 Å². The van der Waals surface area contributed by atoms with Gasteiger partial charge in [0, 0.05) is 18.2 Å². The van der Waals surface area contributed by atoms with Crippen molar-refractivity contribution in [2.75, 3.05) is 5.73 Å². The zero-order valence-corrected chi connectivity index (χ0v) is 11.4. The predicted molar refractivity (Wildman–Crippen MR) is 76.0 cm³/mol. The number of benzene rings is 1. The fourth-order valence-corrected chi connectivity index (χ4v) is 2.14. The van der Waals surface area contributed by atoms with E-state index in [1.54, 1.807) is 0 Å². The van der Waals surface area contributed by atoms with Crippen molar-refractivity contribution in [3.8, 4) is 0 Å². The molecule has 0 aromatic heterocycles. The average molecular weight is 248 g/mol. The van der Waals surface area contributed by atoms with Crippen molar-refractivity contribution in [1.29, 1.82) is 0 Å². The summed E-state index contributed by atoms with van der Waals surface area (Å²) in [6, 6.07) is 7.63. The second-order valence-corrected chi connectivity index (χ2v) is 4.74. The molecule has 0 aliphatic carbocycles. The number of hydrogen-bond acceptors (Lipinski definition) is 2. The summed E-state index contributed by atoms with van der Waals surface area (Å²) in [5.41, 5.74) is 7.49. The molecule has 0 heterocycles. The van der Waals surface area contributed by atoms with Gasteiger partial charge in [-0.25, -0.2) is 0 Å². The average Bonchev–Trinajstić information content (AvgIpc) is 2.36. The van der Waals surface area contributed by atoms with E-state index in [2.05, 4.69) is 19.2 Å². The molecule has 0 spiro atoms. The molecule has 3 heteroatoms. The minimum Gasteiger partial charge on any atom is -0.399 e. The molecular formula is C15H24N2O. The first kappa shape index (κ1) is 14.6. The van der Waals surface area contributed by atoms with Crippen LogP contribution in [0.4, 0.5) is 5.69 Å². The standard InChI is InChI=1S/C15H24N2O/c1-3-6-13(7-4-2)15(18)17-11-12-8-5-9-14(16)10-12/h5,8-10,13H,3-4,6-7,11,16H2,1-2H3,(H,17,18). The summed E-state index contributed by atoms with van der Waals surface area (Å²) in [6.45, 7) is 4.80. The molecule has 0 atom stereocenters. The lowest BCUT2D eigenvalue weighted by atomic mass is 9.97. The van der Waals surface area contributed by atoms with E-state index in [4.69, 9.17) is 5.73 Å². The molecular weight excluding hydrogens is 224 g/mol. The molecule has 0 bridgehead atoms. The molecule has 1 aromatic rings. The van der Waals surface area contributed by atoms with E-state index in [-0.39, 0.29) is 11.8 Å². The number of nitrogens with two attached hydrogens (primary N) is 1. The van der Waals surface area contributed by atoms with Crippen LogP contribution in [0.15, 0.2) is 24.3 Å². The van der Waals surface area contributed by atoms with Gasteiger partial charge in [-0.15, -0.1) is 0 Å². The number of amides is 1. The minimum atomic E-state index is 0.154. The van der Waals surface area contributed by atoms with E-state index in [0.29, 0.717) is 6.54 Å². The Labute approximate surface area is 110 Å². The minimum absolute atomic E-state index is 0.154. The van der Waals surface area contributed by atoms with Gasteiger partial charge in [0.15, 0.2) is 0 Å². The number of hydrogen-bond donors (Lipinski definition) is 2. The number of carbonyl (C=O) groups excluding carboxylic acids is 1. The third-order valence-corrected chi connectivity index (χ3v) is 3.06. The van der Waals surface area contributed by atoms with Gasteiger partial charge in [-0.05, 0) is 30.5 Å². The highest BCUT2D eigenvalue weighted by molar-refractivity contribution is 5.78. The lowest BCUT2D eigenvalue weighted by Crippen LogP contribution is -2.30. The molecule has 0 radical (unpaired) electrons. The fraction of sp³-hybridized carbons (Fsp3) is 0.533. The summed E-state index contributed by atoms with van der Waals surface area (Å²) in [5.74, 6) is 0.321. The van der Waals surface area contributed by atoms with Gasteiger partial charge in [-0.2, -0.15) is 0 Å². The van der Waals surface area contributed by atoms with E-state index >= 15 is 0 Å². The fourth-order valence-electron chi connectivity index (χ4n) is 2.14. The van der Waals surface area contributed by atoms with Gasteiger partial charge in [0.2, 0.25) is 5.91 Å². The Hall–Kier alpha value is -1.51. The Morgan fingerprint density at radius 2 is 1.94 bits per heavy atom. The zero-order valence-electron chi connectivity index (χ0n) is 11.4. The van der Waals surface area contributed by atoms with Crippen molar-refractivity contribution >= 4 is 11.6 Å². The Morgan fingerprint density at radius 1 is 1.28 bits per heavy atom. The lowest BCUT2D eigenvalue weighted by molar-refractivity contribution is -0.125. The number of rotatable bonds is 7. The zero-order chi connectivity index (χ0) is 13.4. The molecule has 0 saturated heterocycles. The van der Waals surface area contributed by atoms with Crippen LogP contribution in [0.1, 0.15) is 45.1 Å². The molecule has 0 aliphatic heterocycles. The summed E-state index contributed by atoms with van der Waals surface area (Å²) in [7, 11) is 0. The number of anilines is 1. The van der Waals surface area contributed by atoms with Gasteiger partial charge in [-0.3, -0.25) is 4.79 Å². The molecule has 1 aromatic carbocycles. The highest BCUT2D eigenvalue weighted by Crippen LogP contribution is 2.14. The molecule has 1 rings (SSSR count). The summed E-state index contributed by atoms with van der Waals surface area (Å²) in [4.78, 5) is 12.0. The summed E-state index contributed by atoms with van der Waals surface area (Å²) in [5, 5.41) is 3.00. The third-order valence-electron chi connectivity index (χ3n) is 3.06. The first-order chi connectivity index (χ1) is 8.67. The summed E-state index contributed by atoms with van der Waals surface area (Å²) in [6.07, 6.45) is 4.04. The Morgan fingerprint density at radius 3 is 2.50 bits per heavy atom. The van der Waals surface area contributed by atoms with Crippen LogP contribution >= 0.6 is 0 Å². The predicted octanol–water partition coefficient (Wildman–Crippen LogP) is 3.10. The van der Waals surface area contributed by atoms with Crippen molar-refractivity contribution in [3.63, 3.8) is 0 Å². The number of nitrogen functional groups attached to an aromatic ring is 1. The van der Waals surface area contributed by atoms with Crippen LogP contribution in [0.3, 0.4) is 0 Å². The van der Waals surface area contributed by atoms with Crippen LogP contribution in [0.25, 0.3) is 0 Å². The molecule has 0 aliphatic rings. The highest BCUT2D eigenvalue weighted by Gasteiger charge is 2.15. The summed E-state index contributed by atoms with van der Waals surface area (Å²) >= 11 is 0. The van der Waals surface area contributed by atoms with E-state index in [0.717, 1.165) is 36.9 Å². The van der Waals surface area contributed by atoms with Crippen LogP contribution in [0.2, 0.25) is 0 Å². The topological polar surface area (TPSA) is 55.1 Å². The van der Waals surface area contributed by atoms with Crippen molar-refractivity contribution in [1.82, 2.24) is 5.32 Å². The van der Waals surface area contributed by atoms with E-state index < -0.39 is 0 Å². The SMILES string of the molecule is CCCC(CCC)C(=O)NCc1cccc(N)c1. The lowest BCUT2D eigenvalue weighted by Gasteiger charge is -2.15. The van der Waals surface area contributed by atoms with Gasteiger partial charge < -0.3 is 11.1 Å². The first-order valence-corrected chi connectivity index (χ1v) is 6.79. The smallest absolute Gasteiger partial charge is 0.223 e. The highest BCUT2D eigenvalue weighted by atomic mass is 16.1. The number of carbonyl (C=O) groups is 1. The second kappa shape index (κ2) is 7.75. The largest absolute Gasteiger partial charge is 0.399 e. The van der Waals surface area contributed by atoms with Crippen molar-refractivity contribution < 1.29 is 4.79 Å². The Bertz CT molecular complexity index is 371. The molecule has 100 valence electrons. The molecule has 18 heavy (non-hydrogen) atoms. The summed E-state index contributed by atoms with van der Waals surface area (Å²) < 4.78 is 0. The van der Waals surface area contributed by atoms with Crippen molar-refractivity contribution in [3.05, 3.63) is 29.8 Å². The monoisotopic (exact) mass is 248 g/mol. The van der Waals surface area contributed by atoms with Crippen LogP contribution < -0.4 is 11.1 Å². The molecule has 0 unspecified atom stereocenters. The van der Waals surface area contributed by atoms with Gasteiger partial charge in [0.05, 0.1) is 0 Å². The van der Waals surface area contributed by atoms with Gasteiger partial charge >= 0.3 is 0 Å². The normalized spacial score (nSPS) is 10.6. The van der Waals surface area contributed by atoms with Gasteiger partial charge in [0.1, 0.15) is 0 Å². The van der Waals surface area contributed by atoms with Crippen molar-refractivity contribution in [2.24, 2.45) is 5.92 Å².